The number of ether oxygens (including phenoxy) is 5. The highest BCUT2D eigenvalue weighted by molar-refractivity contribution is 5.27. The molecule has 0 unspecified atom stereocenters. The summed E-state index contributed by atoms with van der Waals surface area (Å²) in [7, 11) is 3.31. The third kappa shape index (κ3) is 5.00. The van der Waals surface area contributed by atoms with Crippen LogP contribution >= 0.6 is 0 Å². The van der Waals surface area contributed by atoms with Gasteiger partial charge in [0, 0.05) is 6.42 Å². The fraction of sp³-hybridized carbons (Fsp3) is 0.333. The van der Waals surface area contributed by atoms with Gasteiger partial charge in [-0.25, -0.2) is 0 Å². The minimum Gasteiger partial charge on any atom is -0.497 e. The minimum absolute atomic E-state index is 0.152. The minimum atomic E-state index is -0.430. The van der Waals surface area contributed by atoms with E-state index in [1.54, 1.807) is 20.5 Å². The third-order valence-corrected chi connectivity index (χ3v) is 4.18. The van der Waals surface area contributed by atoms with E-state index < -0.39 is 6.29 Å². The molecule has 0 spiro atoms. The molecule has 3 rings (SSSR count). The van der Waals surface area contributed by atoms with E-state index in [2.05, 4.69) is 0 Å². The van der Waals surface area contributed by atoms with Crippen molar-refractivity contribution in [1.82, 2.24) is 0 Å². The van der Waals surface area contributed by atoms with Crippen LogP contribution < -0.4 is 9.47 Å². The van der Waals surface area contributed by atoms with E-state index >= 15 is 0 Å². The molecule has 5 nitrogen and oxygen atoms in total. The molecule has 0 radical (unpaired) electrons. The number of hydrogen-bond acceptors (Lipinski definition) is 5. The topological polar surface area (TPSA) is 46.2 Å². The van der Waals surface area contributed by atoms with Gasteiger partial charge in [0.25, 0.3) is 0 Å². The zero-order chi connectivity index (χ0) is 18.2. The quantitative estimate of drug-likeness (QED) is 0.714. The Morgan fingerprint density at radius 3 is 1.88 bits per heavy atom. The molecule has 0 aromatic heterocycles. The van der Waals surface area contributed by atoms with E-state index in [0.717, 1.165) is 29.0 Å². The summed E-state index contributed by atoms with van der Waals surface area (Å²) in [5.74, 6) is 1.66. The second kappa shape index (κ2) is 9.27. The van der Waals surface area contributed by atoms with Crippen molar-refractivity contribution < 1.29 is 23.7 Å². The average molecular weight is 356 g/mol. The molecule has 0 saturated carbocycles. The normalized spacial score (nSPS) is 19.0. The monoisotopic (exact) mass is 356 g/mol. The molecule has 1 heterocycles. The van der Waals surface area contributed by atoms with E-state index in [1.807, 2.05) is 54.6 Å². The second-order valence-corrected chi connectivity index (χ2v) is 5.97. The van der Waals surface area contributed by atoms with Gasteiger partial charge in [0.05, 0.1) is 33.7 Å². The zero-order valence-corrected chi connectivity index (χ0v) is 15.1. The number of benzene rings is 2. The maximum atomic E-state index is 6.02. The van der Waals surface area contributed by atoms with Crippen molar-refractivity contribution in [3.05, 3.63) is 72.0 Å². The van der Waals surface area contributed by atoms with E-state index in [4.69, 9.17) is 23.7 Å². The highest BCUT2D eigenvalue weighted by atomic mass is 16.7. The van der Waals surface area contributed by atoms with Crippen LogP contribution in [-0.2, 0) is 27.4 Å². The van der Waals surface area contributed by atoms with Gasteiger partial charge in [-0.3, -0.25) is 0 Å². The molecule has 5 heteroatoms. The van der Waals surface area contributed by atoms with Gasteiger partial charge in [0.15, 0.2) is 0 Å². The molecule has 0 fully saturated rings. The predicted octanol–water partition coefficient (Wildman–Crippen LogP) is 4.07. The van der Waals surface area contributed by atoms with Crippen LogP contribution in [0.2, 0.25) is 0 Å². The van der Waals surface area contributed by atoms with Crippen LogP contribution in [0, 0.1) is 0 Å². The van der Waals surface area contributed by atoms with Crippen LogP contribution in [0.25, 0.3) is 0 Å². The van der Waals surface area contributed by atoms with Gasteiger partial charge >= 0.3 is 0 Å². The molecular weight excluding hydrogens is 332 g/mol. The molecule has 2 atom stereocenters. The van der Waals surface area contributed by atoms with Gasteiger partial charge in [-0.1, -0.05) is 24.3 Å². The Bertz CT molecular complexity index is 632. The first-order chi connectivity index (χ1) is 12.8. The molecule has 0 bridgehead atoms. The molecule has 2 aromatic carbocycles. The zero-order valence-electron chi connectivity index (χ0n) is 15.1. The van der Waals surface area contributed by atoms with Crippen LogP contribution in [0.15, 0.2) is 60.9 Å². The summed E-state index contributed by atoms with van der Waals surface area (Å²) in [6.07, 6.45) is 3.79. The van der Waals surface area contributed by atoms with Gasteiger partial charge in [-0.05, 0) is 41.5 Å². The lowest BCUT2D eigenvalue weighted by molar-refractivity contribution is -0.196. The maximum absolute atomic E-state index is 6.02. The van der Waals surface area contributed by atoms with Crippen molar-refractivity contribution in [2.24, 2.45) is 0 Å². The highest BCUT2D eigenvalue weighted by Gasteiger charge is 2.25. The summed E-state index contributed by atoms with van der Waals surface area (Å²) in [6.45, 7) is 0.944. The standard InChI is InChI=1S/C21H24O5/c1-22-18-9-5-16(6-10-18)14-25-20-4-3-13-24-21(20)26-15-17-7-11-19(23-2)12-8-17/h3,5-13,20-21H,4,14-15H2,1-2H3/t20-,21+/m0/s1. The summed E-state index contributed by atoms with van der Waals surface area (Å²) in [4.78, 5) is 0. The summed E-state index contributed by atoms with van der Waals surface area (Å²) in [6, 6.07) is 15.6. The Labute approximate surface area is 154 Å². The highest BCUT2D eigenvalue weighted by Crippen LogP contribution is 2.21. The summed E-state index contributed by atoms with van der Waals surface area (Å²) in [5, 5.41) is 0. The molecule has 0 amide bonds. The Hall–Kier alpha value is -2.50. The smallest absolute Gasteiger partial charge is 0.226 e. The van der Waals surface area contributed by atoms with E-state index in [9.17, 15) is 0 Å². The van der Waals surface area contributed by atoms with Gasteiger partial charge < -0.3 is 23.7 Å². The largest absolute Gasteiger partial charge is 0.497 e. The van der Waals surface area contributed by atoms with Gasteiger partial charge in [0.1, 0.15) is 17.6 Å². The van der Waals surface area contributed by atoms with Crippen LogP contribution in [0.4, 0.5) is 0 Å². The van der Waals surface area contributed by atoms with Gasteiger partial charge in [-0.2, -0.15) is 0 Å². The second-order valence-electron chi connectivity index (χ2n) is 5.97. The van der Waals surface area contributed by atoms with Gasteiger partial charge in [-0.15, -0.1) is 0 Å². The van der Waals surface area contributed by atoms with Gasteiger partial charge in [0.2, 0.25) is 6.29 Å². The first-order valence-corrected chi connectivity index (χ1v) is 8.58. The SMILES string of the molecule is COc1ccc(CO[C@H]2OC=CC[C@@H]2OCc2ccc(OC)cc2)cc1. The molecule has 0 N–H and O–H groups in total. The van der Waals surface area contributed by atoms with Crippen LogP contribution in [0.5, 0.6) is 11.5 Å². The number of hydrogen-bond donors (Lipinski definition) is 0. The van der Waals surface area contributed by atoms with Crippen LogP contribution in [0.1, 0.15) is 17.5 Å². The van der Waals surface area contributed by atoms with Crippen molar-refractivity contribution >= 4 is 0 Å². The molecule has 2 aromatic rings. The van der Waals surface area contributed by atoms with Crippen molar-refractivity contribution in [3.8, 4) is 11.5 Å². The molecular formula is C21H24O5. The first kappa shape index (κ1) is 18.3. The fourth-order valence-electron chi connectivity index (χ4n) is 2.64. The molecule has 26 heavy (non-hydrogen) atoms. The Morgan fingerprint density at radius 1 is 0.808 bits per heavy atom. The first-order valence-electron chi connectivity index (χ1n) is 8.58. The van der Waals surface area contributed by atoms with Crippen LogP contribution in [0.3, 0.4) is 0 Å². The molecule has 1 aliphatic heterocycles. The van der Waals surface area contributed by atoms with E-state index in [0.29, 0.717) is 13.2 Å². The van der Waals surface area contributed by atoms with E-state index in [1.165, 1.54) is 0 Å². The fourth-order valence-corrected chi connectivity index (χ4v) is 2.64. The lowest BCUT2D eigenvalue weighted by Crippen LogP contribution is -2.34. The number of rotatable bonds is 8. The summed E-state index contributed by atoms with van der Waals surface area (Å²) >= 11 is 0. The molecule has 1 aliphatic rings. The lowest BCUT2D eigenvalue weighted by atomic mass is 10.2. The summed E-state index contributed by atoms with van der Waals surface area (Å²) in [5.41, 5.74) is 2.13. The van der Waals surface area contributed by atoms with Crippen LogP contribution in [-0.4, -0.2) is 26.6 Å². The van der Waals surface area contributed by atoms with Crippen molar-refractivity contribution in [3.63, 3.8) is 0 Å². The Balaban J connectivity index is 1.52. The third-order valence-electron chi connectivity index (χ3n) is 4.18. The molecule has 0 saturated heterocycles. The van der Waals surface area contributed by atoms with E-state index in [-0.39, 0.29) is 6.10 Å². The van der Waals surface area contributed by atoms with Crippen molar-refractivity contribution in [2.75, 3.05) is 14.2 Å². The average Bonchev–Trinajstić information content (AvgIpc) is 2.72. The number of methoxy groups -OCH3 is 2. The van der Waals surface area contributed by atoms with Crippen molar-refractivity contribution in [1.29, 1.82) is 0 Å². The molecule has 138 valence electrons. The maximum Gasteiger partial charge on any atom is 0.226 e. The Kier molecular flexibility index (Phi) is 6.52. The lowest BCUT2D eigenvalue weighted by Gasteiger charge is -2.28. The molecule has 0 aliphatic carbocycles. The Morgan fingerprint density at radius 2 is 1.35 bits per heavy atom. The predicted molar refractivity (Wildman–Crippen MR) is 98.0 cm³/mol. The summed E-state index contributed by atoms with van der Waals surface area (Å²) < 4.78 is 27.9. The van der Waals surface area contributed by atoms with Crippen molar-refractivity contribution in [2.45, 2.75) is 32.0 Å².